The molecule has 2 aromatic heterocycles. The SMILES string of the molecule is Cc1cccc(-c2nnc3ccc(N)c(C)n23)c1. The molecule has 0 aliphatic carbocycles. The number of rotatable bonds is 1. The van der Waals surface area contributed by atoms with Crippen molar-refractivity contribution in [2.24, 2.45) is 0 Å². The summed E-state index contributed by atoms with van der Waals surface area (Å²) in [6, 6.07) is 12.0. The molecule has 3 rings (SSSR count). The predicted octanol–water partition coefficient (Wildman–Crippen LogP) is 2.60. The Labute approximate surface area is 105 Å². The molecule has 0 amide bonds. The Morgan fingerprint density at radius 2 is 1.89 bits per heavy atom. The van der Waals surface area contributed by atoms with Gasteiger partial charge in [-0.1, -0.05) is 23.8 Å². The zero-order chi connectivity index (χ0) is 12.7. The second kappa shape index (κ2) is 3.84. The minimum absolute atomic E-state index is 0.746. The molecule has 0 bridgehead atoms. The van der Waals surface area contributed by atoms with E-state index in [1.165, 1.54) is 5.56 Å². The number of pyridine rings is 1. The lowest BCUT2D eigenvalue weighted by Gasteiger charge is -2.06. The summed E-state index contributed by atoms with van der Waals surface area (Å²) >= 11 is 0. The van der Waals surface area contributed by atoms with Gasteiger partial charge in [0.25, 0.3) is 0 Å². The highest BCUT2D eigenvalue weighted by molar-refractivity contribution is 5.63. The minimum atomic E-state index is 0.746. The van der Waals surface area contributed by atoms with E-state index in [-0.39, 0.29) is 0 Å². The second-order valence-corrected chi connectivity index (χ2v) is 4.46. The molecule has 90 valence electrons. The first kappa shape index (κ1) is 10.8. The number of nitrogen functional groups attached to an aromatic ring is 1. The van der Waals surface area contributed by atoms with Gasteiger partial charge in [0.1, 0.15) is 0 Å². The number of benzene rings is 1. The highest BCUT2D eigenvalue weighted by Crippen LogP contribution is 2.23. The highest BCUT2D eigenvalue weighted by Gasteiger charge is 2.11. The Morgan fingerprint density at radius 3 is 2.67 bits per heavy atom. The molecule has 3 aromatic rings. The summed E-state index contributed by atoms with van der Waals surface area (Å²) in [5.41, 5.74) is 10.7. The van der Waals surface area contributed by atoms with E-state index in [9.17, 15) is 0 Å². The van der Waals surface area contributed by atoms with Crippen molar-refractivity contribution >= 4 is 11.3 Å². The average Bonchev–Trinajstić information content (AvgIpc) is 2.78. The van der Waals surface area contributed by atoms with Crippen molar-refractivity contribution in [3.63, 3.8) is 0 Å². The number of aryl methyl sites for hydroxylation is 2. The van der Waals surface area contributed by atoms with E-state index in [1.54, 1.807) is 0 Å². The van der Waals surface area contributed by atoms with Gasteiger partial charge in [0.15, 0.2) is 11.5 Å². The molecule has 0 radical (unpaired) electrons. The third kappa shape index (κ3) is 1.54. The predicted molar refractivity (Wildman–Crippen MR) is 72.3 cm³/mol. The molecule has 0 aliphatic heterocycles. The van der Waals surface area contributed by atoms with Crippen LogP contribution in [0.15, 0.2) is 36.4 Å². The summed E-state index contributed by atoms with van der Waals surface area (Å²) in [6.07, 6.45) is 0. The van der Waals surface area contributed by atoms with Crippen molar-refractivity contribution in [1.82, 2.24) is 14.6 Å². The normalized spacial score (nSPS) is 11.0. The number of fused-ring (bicyclic) bond motifs is 1. The van der Waals surface area contributed by atoms with Crippen LogP contribution in [0.2, 0.25) is 0 Å². The summed E-state index contributed by atoms with van der Waals surface area (Å²) in [5, 5.41) is 8.45. The van der Waals surface area contributed by atoms with Gasteiger partial charge in [-0.3, -0.25) is 4.40 Å². The molecule has 2 heterocycles. The number of anilines is 1. The summed E-state index contributed by atoms with van der Waals surface area (Å²) in [6.45, 7) is 4.04. The lowest BCUT2D eigenvalue weighted by atomic mass is 10.1. The molecule has 4 nitrogen and oxygen atoms in total. The van der Waals surface area contributed by atoms with E-state index in [0.717, 1.165) is 28.4 Å². The van der Waals surface area contributed by atoms with E-state index in [2.05, 4.69) is 29.3 Å². The van der Waals surface area contributed by atoms with Crippen molar-refractivity contribution < 1.29 is 0 Å². The van der Waals surface area contributed by atoms with Gasteiger partial charge in [-0.2, -0.15) is 0 Å². The van der Waals surface area contributed by atoms with Gasteiger partial charge in [0.2, 0.25) is 0 Å². The maximum absolute atomic E-state index is 5.95. The molecule has 0 aliphatic rings. The fraction of sp³-hybridized carbons (Fsp3) is 0.143. The van der Waals surface area contributed by atoms with E-state index >= 15 is 0 Å². The Kier molecular flexibility index (Phi) is 2.30. The number of hydrogen-bond donors (Lipinski definition) is 1. The third-order valence-corrected chi connectivity index (χ3v) is 3.13. The fourth-order valence-corrected chi connectivity index (χ4v) is 2.12. The molecule has 2 N–H and O–H groups in total. The highest BCUT2D eigenvalue weighted by atomic mass is 15.3. The zero-order valence-electron chi connectivity index (χ0n) is 10.4. The Bertz CT molecular complexity index is 728. The van der Waals surface area contributed by atoms with Crippen LogP contribution in [0.3, 0.4) is 0 Å². The molecule has 18 heavy (non-hydrogen) atoms. The van der Waals surface area contributed by atoms with E-state index in [4.69, 9.17) is 5.73 Å². The standard InChI is InChI=1S/C14H14N4/c1-9-4-3-5-11(8-9)14-17-16-13-7-6-12(15)10(2)18(13)14/h3-8H,15H2,1-2H3. The maximum atomic E-state index is 5.95. The van der Waals surface area contributed by atoms with Crippen molar-refractivity contribution in [3.8, 4) is 11.4 Å². The van der Waals surface area contributed by atoms with Crippen LogP contribution >= 0.6 is 0 Å². The second-order valence-electron chi connectivity index (χ2n) is 4.46. The molecular formula is C14H14N4. The van der Waals surface area contributed by atoms with E-state index < -0.39 is 0 Å². The molecule has 0 saturated carbocycles. The number of hydrogen-bond acceptors (Lipinski definition) is 3. The minimum Gasteiger partial charge on any atom is -0.397 e. The van der Waals surface area contributed by atoms with Crippen molar-refractivity contribution in [3.05, 3.63) is 47.7 Å². The van der Waals surface area contributed by atoms with Gasteiger partial charge in [-0.15, -0.1) is 10.2 Å². The first-order valence-corrected chi connectivity index (χ1v) is 5.84. The van der Waals surface area contributed by atoms with Gasteiger partial charge >= 0.3 is 0 Å². The topological polar surface area (TPSA) is 56.2 Å². The molecule has 4 heteroatoms. The Balaban J connectivity index is 2.33. The van der Waals surface area contributed by atoms with Gasteiger partial charge < -0.3 is 5.73 Å². The van der Waals surface area contributed by atoms with Gasteiger partial charge in [-0.25, -0.2) is 0 Å². The van der Waals surface area contributed by atoms with Crippen molar-refractivity contribution in [2.75, 3.05) is 5.73 Å². The monoisotopic (exact) mass is 238 g/mol. The molecule has 0 fully saturated rings. The zero-order valence-corrected chi connectivity index (χ0v) is 10.4. The Morgan fingerprint density at radius 1 is 1.06 bits per heavy atom. The average molecular weight is 238 g/mol. The largest absolute Gasteiger partial charge is 0.397 e. The molecule has 1 aromatic carbocycles. The summed E-state index contributed by atoms with van der Waals surface area (Å²) in [4.78, 5) is 0. The van der Waals surface area contributed by atoms with Crippen LogP contribution in [-0.2, 0) is 0 Å². The van der Waals surface area contributed by atoms with Crippen LogP contribution in [0.1, 0.15) is 11.3 Å². The van der Waals surface area contributed by atoms with Crippen molar-refractivity contribution in [1.29, 1.82) is 0 Å². The van der Waals surface area contributed by atoms with E-state index in [0.29, 0.717) is 0 Å². The van der Waals surface area contributed by atoms with Crippen LogP contribution < -0.4 is 5.73 Å². The first-order chi connectivity index (χ1) is 8.66. The van der Waals surface area contributed by atoms with Gasteiger partial charge in [0.05, 0.1) is 5.69 Å². The van der Waals surface area contributed by atoms with Crippen LogP contribution in [0.5, 0.6) is 0 Å². The lowest BCUT2D eigenvalue weighted by Crippen LogP contribution is -1.99. The summed E-state index contributed by atoms with van der Waals surface area (Å²) < 4.78 is 1.99. The van der Waals surface area contributed by atoms with Crippen LogP contribution in [0, 0.1) is 13.8 Å². The quantitative estimate of drug-likeness (QED) is 0.709. The van der Waals surface area contributed by atoms with Crippen molar-refractivity contribution in [2.45, 2.75) is 13.8 Å². The number of nitrogens with two attached hydrogens (primary N) is 1. The molecule has 0 unspecified atom stereocenters. The molecule has 0 atom stereocenters. The molecular weight excluding hydrogens is 224 g/mol. The van der Waals surface area contributed by atoms with Gasteiger partial charge in [-0.05, 0) is 32.0 Å². The third-order valence-electron chi connectivity index (χ3n) is 3.13. The summed E-state index contributed by atoms with van der Waals surface area (Å²) in [7, 11) is 0. The molecule has 0 spiro atoms. The lowest BCUT2D eigenvalue weighted by molar-refractivity contribution is 1.08. The van der Waals surface area contributed by atoms with Gasteiger partial charge in [0, 0.05) is 11.3 Å². The van der Waals surface area contributed by atoms with Crippen LogP contribution in [-0.4, -0.2) is 14.6 Å². The first-order valence-electron chi connectivity index (χ1n) is 5.84. The van der Waals surface area contributed by atoms with E-state index in [1.807, 2.05) is 35.6 Å². The fourth-order valence-electron chi connectivity index (χ4n) is 2.12. The molecule has 0 saturated heterocycles. The summed E-state index contributed by atoms with van der Waals surface area (Å²) in [5.74, 6) is 0.832. The van der Waals surface area contributed by atoms with Crippen LogP contribution in [0.25, 0.3) is 17.0 Å². The number of aromatic nitrogens is 3. The van der Waals surface area contributed by atoms with Crippen LogP contribution in [0.4, 0.5) is 5.69 Å². The smallest absolute Gasteiger partial charge is 0.168 e. The maximum Gasteiger partial charge on any atom is 0.168 e. The number of nitrogens with zero attached hydrogens (tertiary/aromatic N) is 3. The Hall–Kier alpha value is -2.36.